The van der Waals surface area contributed by atoms with Crippen LogP contribution in [0.25, 0.3) is 0 Å². The number of benzene rings is 1. The summed E-state index contributed by atoms with van der Waals surface area (Å²) in [7, 11) is 0. The van der Waals surface area contributed by atoms with Crippen molar-refractivity contribution in [1.29, 1.82) is 0 Å². The molecule has 0 aliphatic carbocycles. The smallest absolute Gasteiger partial charge is 0.408 e. The third-order valence-corrected chi connectivity index (χ3v) is 5.54. The van der Waals surface area contributed by atoms with E-state index in [1.165, 1.54) is 4.90 Å². The van der Waals surface area contributed by atoms with Crippen molar-refractivity contribution in [2.75, 3.05) is 6.54 Å². The van der Waals surface area contributed by atoms with Gasteiger partial charge in [0.2, 0.25) is 17.7 Å². The van der Waals surface area contributed by atoms with Gasteiger partial charge in [-0.05, 0) is 78.5 Å². The van der Waals surface area contributed by atoms with Gasteiger partial charge in [0.05, 0.1) is 6.42 Å². The molecule has 4 amide bonds. The number of rotatable bonds is 10. The van der Waals surface area contributed by atoms with Gasteiger partial charge in [-0.1, -0.05) is 31.5 Å². The van der Waals surface area contributed by atoms with Gasteiger partial charge in [-0.25, -0.2) is 4.79 Å². The number of nitrogens with two attached hydrogens (primary N) is 1. The lowest BCUT2D eigenvalue weighted by Crippen LogP contribution is -2.59. The number of ether oxygens (including phenoxy) is 1. The van der Waals surface area contributed by atoms with Gasteiger partial charge in [0.1, 0.15) is 17.7 Å². The molecule has 0 saturated heterocycles. The van der Waals surface area contributed by atoms with E-state index in [2.05, 4.69) is 10.6 Å². The maximum absolute atomic E-state index is 14.0. The highest BCUT2D eigenvalue weighted by molar-refractivity contribution is 5.95. The molecule has 1 rings (SSSR count). The topological polar surface area (TPSA) is 131 Å². The average Bonchev–Trinajstić information content (AvgIpc) is 2.70. The number of hydrogen-bond acceptors (Lipinski definition) is 5. The van der Waals surface area contributed by atoms with Crippen molar-refractivity contribution >= 4 is 23.8 Å². The molecule has 0 aromatic heterocycles. The minimum absolute atomic E-state index is 0.343. The number of alkyl carbamates (subject to hydrolysis) is 1. The van der Waals surface area contributed by atoms with Crippen molar-refractivity contribution < 1.29 is 23.9 Å². The van der Waals surface area contributed by atoms with E-state index >= 15 is 0 Å². The van der Waals surface area contributed by atoms with E-state index in [4.69, 9.17) is 10.5 Å². The SMILES string of the molecule is CCCCNC(=O)C(c1ccc(C)c(C)c1)N(C(=O)C(CC(N)=O)NC(=O)OC(C)(C)C)C(C)(C)C. The second-order valence-corrected chi connectivity index (χ2v) is 11.1. The van der Waals surface area contributed by atoms with Gasteiger partial charge in [0, 0.05) is 12.1 Å². The molecule has 1 aromatic rings. The highest BCUT2D eigenvalue weighted by atomic mass is 16.6. The molecular formula is C27H44N4O5. The highest BCUT2D eigenvalue weighted by Gasteiger charge is 2.42. The molecule has 0 fully saturated rings. The molecule has 0 saturated carbocycles. The van der Waals surface area contributed by atoms with Crippen LogP contribution in [-0.2, 0) is 19.1 Å². The zero-order valence-electron chi connectivity index (χ0n) is 23.3. The predicted octanol–water partition coefficient (Wildman–Crippen LogP) is 3.66. The molecule has 0 aliphatic rings. The Morgan fingerprint density at radius 3 is 2.11 bits per heavy atom. The summed E-state index contributed by atoms with van der Waals surface area (Å²) in [4.78, 5) is 53.4. The van der Waals surface area contributed by atoms with Crippen LogP contribution in [0.5, 0.6) is 0 Å². The van der Waals surface area contributed by atoms with Crippen molar-refractivity contribution in [3.8, 4) is 0 Å². The molecule has 0 radical (unpaired) electrons. The van der Waals surface area contributed by atoms with Gasteiger partial charge in [-0.15, -0.1) is 0 Å². The number of nitrogens with one attached hydrogen (secondary N) is 2. The Morgan fingerprint density at radius 2 is 1.64 bits per heavy atom. The van der Waals surface area contributed by atoms with E-state index in [9.17, 15) is 19.2 Å². The van der Waals surface area contributed by atoms with Gasteiger partial charge in [0.25, 0.3) is 0 Å². The number of primary amides is 1. The lowest BCUT2D eigenvalue weighted by molar-refractivity contribution is -0.149. The molecule has 0 spiro atoms. The Kier molecular flexibility index (Phi) is 10.9. The molecule has 36 heavy (non-hydrogen) atoms. The summed E-state index contributed by atoms with van der Waals surface area (Å²) in [5.74, 6) is -1.72. The fraction of sp³-hybridized carbons (Fsp3) is 0.630. The zero-order valence-corrected chi connectivity index (χ0v) is 23.3. The summed E-state index contributed by atoms with van der Waals surface area (Å²) in [6.45, 7) is 16.9. The summed E-state index contributed by atoms with van der Waals surface area (Å²) >= 11 is 0. The van der Waals surface area contributed by atoms with Crippen LogP contribution in [0.4, 0.5) is 4.79 Å². The normalized spacial score (nSPS) is 13.4. The number of carbonyl (C=O) groups is 4. The van der Waals surface area contributed by atoms with Crippen LogP contribution in [0.15, 0.2) is 18.2 Å². The molecule has 0 bridgehead atoms. The van der Waals surface area contributed by atoms with E-state index in [1.807, 2.05) is 39.0 Å². The third kappa shape index (κ3) is 9.51. The molecule has 2 atom stereocenters. The van der Waals surface area contributed by atoms with Crippen molar-refractivity contribution in [2.45, 2.75) is 105 Å². The number of aryl methyl sites for hydroxylation is 2. The van der Waals surface area contributed by atoms with Crippen LogP contribution in [0.3, 0.4) is 0 Å². The Morgan fingerprint density at radius 1 is 1.03 bits per heavy atom. The summed E-state index contributed by atoms with van der Waals surface area (Å²) in [6.07, 6.45) is 0.393. The summed E-state index contributed by atoms with van der Waals surface area (Å²) in [5.41, 5.74) is 6.42. The number of nitrogens with zero attached hydrogens (tertiary/aromatic N) is 1. The minimum atomic E-state index is -1.31. The molecule has 9 heteroatoms. The Balaban J connectivity index is 3.58. The van der Waals surface area contributed by atoms with Crippen molar-refractivity contribution in [3.05, 3.63) is 34.9 Å². The lowest BCUT2D eigenvalue weighted by Gasteiger charge is -2.43. The largest absolute Gasteiger partial charge is 0.444 e. The fourth-order valence-corrected chi connectivity index (χ4v) is 3.70. The first-order chi connectivity index (χ1) is 16.5. The second kappa shape index (κ2) is 12.7. The molecule has 202 valence electrons. The molecule has 2 unspecified atom stereocenters. The quantitative estimate of drug-likeness (QED) is 0.419. The maximum Gasteiger partial charge on any atom is 0.408 e. The lowest BCUT2D eigenvalue weighted by atomic mass is 9.93. The van der Waals surface area contributed by atoms with Crippen molar-refractivity contribution in [3.63, 3.8) is 0 Å². The van der Waals surface area contributed by atoms with E-state index in [-0.39, 0.29) is 5.91 Å². The fourth-order valence-electron chi connectivity index (χ4n) is 3.70. The monoisotopic (exact) mass is 504 g/mol. The Labute approximate surface area is 215 Å². The first-order valence-electron chi connectivity index (χ1n) is 12.4. The van der Waals surface area contributed by atoms with Crippen LogP contribution in [0.2, 0.25) is 0 Å². The van der Waals surface area contributed by atoms with Crippen LogP contribution in [-0.4, -0.2) is 52.4 Å². The molecular weight excluding hydrogens is 460 g/mol. The standard InChI is InChI=1S/C27H44N4O5/c1-10-11-14-29-23(33)22(19-13-12-17(2)18(3)15-19)31(26(4,5)6)24(34)20(16-21(28)32)30-25(35)36-27(7,8)9/h12-13,15,20,22H,10-11,14,16H2,1-9H3,(H2,28,32)(H,29,33)(H,30,35). The third-order valence-electron chi connectivity index (χ3n) is 5.54. The Hall–Kier alpha value is -3.10. The second-order valence-electron chi connectivity index (χ2n) is 11.1. The molecule has 0 heterocycles. The number of hydrogen-bond donors (Lipinski definition) is 3. The van der Waals surface area contributed by atoms with Crippen molar-refractivity contribution in [1.82, 2.24) is 15.5 Å². The van der Waals surface area contributed by atoms with Crippen LogP contribution in [0, 0.1) is 13.8 Å². The van der Waals surface area contributed by atoms with E-state index < -0.39 is 47.6 Å². The summed E-state index contributed by atoms with van der Waals surface area (Å²) in [6, 6.07) is 3.30. The van der Waals surface area contributed by atoms with E-state index in [1.54, 1.807) is 41.5 Å². The predicted molar refractivity (Wildman–Crippen MR) is 140 cm³/mol. The van der Waals surface area contributed by atoms with Crippen LogP contribution < -0.4 is 16.4 Å². The zero-order chi connectivity index (χ0) is 27.8. The van der Waals surface area contributed by atoms with Gasteiger partial charge in [-0.2, -0.15) is 0 Å². The van der Waals surface area contributed by atoms with Gasteiger partial charge in [-0.3, -0.25) is 14.4 Å². The molecule has 1 aromatic carbocycles. The minimum Gasteiger partial charge on any atom is -0.444 e. The number of carbonyl (C=O) groups excluding carboxylic acids is 4. The molecule has 4 N–H and O–H groups in total. The Bertz CT molecular complexity index is 946. The van der Waals surface area contributed by atoms with Gasteiger partial charge in [0.15, 0.2) is 0 Å². The maximum atomic E-state index is 14.0. The molecule has 0 aliphatic heterocycles. The summed E-state index contributed by atoms with van der Waals surface area (Å²) < 4.78 is 5.30. The van der Waals surface area contributed by atoms with Gasteiger partial charge >= 0.3 is 6.09 Å². The molecule has 9 nitrogen and oxygen atoms in total. The number of amides is 4. The number of unbranched alkanes of at least 4 members (excludes halogenated alkanes) is 1. The highest BCUT2D eigenvalue weighted by Crippen LogP contribution is 2.31. The van der Waals surface area contributed by atoms with E-state index in [0.29, 0.717) is 12.1 Å². The first kappa shape index (κ1) is 30.9. The average molecular weight is 505 g/mol. The van der Waals surface area contributed by atoms with Crippen LogP contribution in [0.1, 0.15) is 90.5 Å². The van der Waals surface area contributed by atoms with Crippen molar-refractivity contribution in [2.24, 2.45) is 5.73 Å². The van der Waals surface area contributed by atoms with Gasteiger partial charge < -0.3 is 26.0 Å². The van der Waals surface area contributed by atoms with Crippen LogP contribution >= 0.6 is 0 Å². The summed E-state index contributed by atoms with van der Waals surface area (Å²) in [5, 5.41) is 5.43. The first-order valence-corrected chi connectivity index (χ1v) is 12.4. The van der Waals surface area contributed by atoms with E-state index in [0.717, 1.165) is 24.0 Å².